The second-order valence-corrected chi connectivity index (χ2v) is 7.25. The maximum atomic E-state index is 12.1. The molecular formula is C17H21BrN2O3. The Morgan fingerprint density at radius 3 is 2.70 bits per heavy atom. The second-order valence-electron chi connectivity index (χ2n) is 6.33. The van der Waals surface area contributed by atoms with Crippen molar-refractivity contribution in [1.82, 2.24) is 5.32 Å². The fourth-order valence-corrected chi connectivity index (χ4v) is 3.65. The zero-order chi connectivity index (χ0) is 16.6. The van der Waals surface area contributed by atoms with Crippen LogP contribution in [-0.4, -0.2) is 24.1 Å². The maximum Gasteiger partial charge on any atom is 0.407 e. The van der Waals surface area contributed by atoms with Crippen LogP contribution in [0.25, 0.3) is 0 Å². The number of amides is 2. The van der Waals surface area contributed by atoms with Crippen LogP contribution in [0.1, 0.15) is 51.1 Å². The van der Waals surface area contributed by atoms with E-state index >= 15 is 0 Å². The smallest absolute Gasteiger partial charge is 0.407 e. The number of nitrogens with one attached hydrogen (secondary N) is 1. The third kappa shape index (κ3) is 3.37. The van der Waals surface area contributed by atoms with Gasteiger partial charge < -0.3 is 15.0 Å². The van der Waals surface area contributed by atoms with E-state index < -0.39 is 0 Å². The first-order chi connectivity index (χ1) is 11.0. The van der Waals surface area contributed by atoms with Crippen molar-refractivity contribution in [1.29, 1.82) is 0 Å². The summed E-state index contributed by atoms with van der Waals surface area (Å²) in [5, 5.41) is 2.97. The van der Waals surface area contributed by atoms with Crippen LogP contribution in [0.5, 0.6) is 0 Å². The molecule has 124 valence electrons. The number of carbonyl (C=O) groups is 2. The van der Waals surface area contributed by atoms with E-state index in [1.54, 1.807) is 11.8 Å². The number of hydrogen-bond donors (Lipinski definition) is 1. The Balaban J connectivity index is 1.83. The Morgan fingerprint density at radius 2 is 2.09 bits per heavy atom. The summed E-state index contributed by atoms with van der Waals surface area (Å²) in [6.45, 7) is 3.57. The quantitative estimate of drug-likeness (QED) is 0.845. The molecule has 1 N–H and O–H groups in total. The fraction of sp³-hybridized carbons (Fsp3) is 0.529. The van der Waals surface area contributed by atoms with Gasteiger partial charge in [-0.3, -0.25) is 4.79 Å². The van der Waals surface area contributed by atoms with Gasteiger partial charge in [-0.25, -0.2) is 4.79 Å². The van der Waals surface area contributed by atoms with Crippen molar-refractivity contribution in [3.8, 4) is 0 Å². The number of alkyl carbamates (subject to hydrolysis) is 1. The lowest BCUT2D eigenvalue weighted by molar-refractivity contribution is -0.117. The van der Waals surface area contributed by atoms with Gasteiger partial charge in [0.05, 0.1) is 6.04 Å². The summed E-state index contributed by atoms with van der Waals surface area (Å²) >= 11 is 3.47. The van der Waals surface area contributed by atoms with Gasteiger partial charge in [0, 0.05) is 23.1 Å². The Hall–Kier alpha value is -1.56. The number of benzene rings is 1. The molecule has 2 atom stereocenters. The molecule has 1 aromatic rings. The first-order valence-electron chi connectivity index (χ1n) is 8.02. The van der Waals surface area contributed by atoms with E-state index in [4.69, 9.17) is 4.74 Å². The fourth-order valence-electron chi connectivity index (χ4n) is 3.27. The summed E-state index contributed by atoms with van der Waals surface area (Å²) in [5.74, 6) is 0.0107. The molecule has 0 radical (unpaired) electrons. The van der Waals surface area contributed by atoms with Crippen molar-refractivity contribution >= 4 is 33.6 Å². The third-order valence-electron chi connectivity index (χ3n) is 4.60. The van der Waals surface area contributed by atoms with Crippen LogP contribution in [-0.2, 0) is 9.53 Å². The summed E-state index contributed by atoms with van der Waals surface area (Å²) in [6.07, 6.45) is 3.40. The van der Waals surface area contributed by atoms with Crippen molar-refractivity contribution in [2.24, 2.45) is 0 Å². The summed E-state index contributed by atoms with van der Waals surface area (Å²) < 4.78 is 6.33. The molecule has 1 fully saturated rings. The first-order valence-corrected chi connectivity index (χ1v) is 8.81. The van der Waals surface area contributed by atoms with Gasteiger partial charge in [-0.05, 0) is 56.4 Å². The maximum absolute atomic E-state index is 12.1. The lowest BCUT2D eigenvalue weighted by Crippen LogP contribution is -2.46. The molecule has 2 aliphatic rings. The highest BCUT2D eigenvalue weighted by atomic mass is 79.9. The molecule has 1 saturated carbocycles. The standard InChI is InChI=1S/C17H21BrN2O3/c1-10-8-15(19-17(22)23-13-4-3-5-13)14-9-12(18)6-7-16(14)20(10)11(2)21/h6-7,9-10,13,15H,3-5,8H2,1-2H3,(H,19,22). The van der Waals surface area contributed by atoms with Crippen molar-refractivity contribution < 1.29 is 14.3 Å². The van der Waals surface area contributed by atoms with Crippen molar-refractivity contribution in [3.05, 3.63) is 28.2 Å². The minimum atomic E-state index is -0.367. The normalized spacial score (nSPS) is 23.7. The van der Waals surface area contributed by atoms with E-state index in [-0.39, 0.29) is 30.2 Å². The average Bonchev–Trinajstić information content (AvgIpc) is 2.43. The molecule has 0 saturated heterocycles. The monoisotopic (exact) mass is 380 g/mol. The van der Waals surface area contributed by atoms with E-state index in [0.29, 0.717) is 6.42 Å². The van der Waals surface area contributed by atoms with Gasteiger partial charge in [0.15, 0.2) is 0 Å². The number of hydrogen-bond acceptors (Lipinski definition) is 3. The number of fused-ring (bicyclic) bond motifs is 1. The Labute approximate surface area is 144 Å². The van der Waals surface area contributed by atoms with E-state index in [1.165, 1.54) is 0 Å². The highest BCUT2D eigenvalue weighted by Crippen LogP contribution is 2.38. The topological polar surface area (TPSA) is 58.6 Å². The number of ether oxygens (including phenoxy) is 1. The number of halogens is 1. The molecule has 1 aliphatic carbocycles. The Kier molecular flexibility index (Phi) is 4.62. The molecule has 6 heteroatoms. The van der Waals surface area contributed by atoms with Crippen LogP contribution in [0.15, 0.2) is 22.7 Å². The molecule has 0 aromatic heterocycles. The number of anilines is 1. The highest BCUT2D eigenvalue weighted by Gasteiger charge is 2.34. The lowest BCUT2D eigenvalue weighted by Gasteiger charge is -2.39. The van der Waals surface area contributed by atoms with Gasteiger partial charge >= 0.3 is 6.09 Å². The SMILES string of the molecule is CC(=O)N1c2ccc(Br)cc2C(NC(=O)OC2CCC2)CC1C. The molecule has 1 aliphatic heterocycles. The van der Waals surface area contributed by atoms with Crippen molar-refractivity contribution in [2.75, 3.05) is 4.90 Å². The molecule has 2 unspecified atom stereocenters. The third-order valence-corrected chi connectivity index (χ3v) is 5.09. The molecule has 1 heterocycles. The molecular weight excluding hydrogens is 360 g/mol. The predicted molar refractivity (Wildman–Crippen MR) is 91.4 cm³/mol. The molecule has 0 spiro atoms. The van der Waals surface area contributed by atoms with Crippen LogP contribution < -0.4 is 10.2 Å². The van der Waals surface area contributed by atoms with Gasteiger partial charge in [0.1, 0.15) is 6.10 Å². The largest absolute Gasteiger partial charge is 0.446 e. The van der Waals surface area contributed by atoms with Crippen molar-refractivity contribution in [3.63, 3.8) is 0 Å². The summed E-state index contributed by atoms with van der Waals surface area (Å²) in [5.41, 5.74) is 1.80. The molecule has 3 rings (SSSR count). The molecule has 23 heavy (non-hydrogen) atoms. The number of carbonyl (C=O) groups excluding carboxylic acids is 2. The van der Waals surface area contributed by atoms with E-state index in [9.17, 15) is 9.59 Å². The summed E-state index contributed by atoms with van der Waals surface area (Å²) in [4.78, 5) is 25.9. The van der Waals surface area contributed by atoms with Crippen LogP contribution in [0.2, 0.25) is 0 Å². The van der Waals surface area contributed by atoms with Crippen LogP contribution in [0.3, 0.4) is 0 Å². The Morgan fingerprint density at radius 1 is 1.35 bits per heavy atom. The zero-order valence-electron chi connectivity index (χ0n) is 13.3. The minimum absolute atomic E-state index is 0.0107. The van der Waals surface area contributed by atoms with Crippen LogP contribution in [0.4, 0.5) is 10.5 Å². The van der Waals surface area contributed by atoms with Gasteiger partial charge in [0.25, 0.3) is 0 Å². The number of rotatable bonds is 2. The molecule has 5 nitrogen and oxygen atoms in total. The lowest BCUT2D eigenvalue weighted by atomic mass is 9.91. The minimum Gasteiger partial charge on any atom is -0.446 e. The average molecular weight is 381 g/mol. The van der Waals surface area contributed by atoms with Crippen LogP contribution in [0, 0.1) is 0 Å². The number of nitrogens with zero attached hydrogens (tertiary/aromatic N) is 1. The molecule has 0 bridgehead atoms. The van der Waals surface area contributed by atoms with Gasteiger partial charge in [-0.1, -0.05) is 15.9 Å². The summed E-state index contributed by atoms with van der Waals surface area (Å²) in [7, 11) is 0. The van der Waals surface area contributed by atoms with Gasteiger partial charge in [0.2, 0.25) is 5.91 Å². The predicted octanol–water partition coefficient (Wildman–Crippen LogP) is 3.91. The summed E-state index contributed by atoms with van der Waals surface area (Å²) in [6, 6.07) is 5.67. The van der Waals surface area contributed by atoms with E-state index in [1.807, 2.05) is 25.1 Å². The molecule has 2 amide bonds. The molecule has 1 aromatic carbocycles. The van der Waals surface area contributed by atoms with Crippen LogP contribution >= 0.6 is 15.9 Å². The van der Waals surface area contributed by atoms with E-state index in [2.05, 4.69) is 21.2 Å². The van der Waals surface area contributed by atoms with Gasteiger partial charge in [-0.15, -0.1) is 0 Å². The van der Waals surface area contributed by atoms with E-state index in [0.717, 1.165) is 35.0 Å². The van der Waals surface area contributed by atoms with Gasteiger partial charge in [-0.2, -0.15) is 0 Å². The highest BCUT2D eigenvalue weighted by molar-refractivity contribution is 9.10. The Bertz CT molecular complexity index is 630. The first kappa shape index (κ1) is 16.3. The second kappa shape index (κ2) is 6.51. The van der Waals surface area contributed by atoms with Crippen molar-refractivity contribution in [2.45, 2.75) is 57.7 Å². The zero-order valence-corrected chi connectivity index (χ0v) is 14.9.